The average molecular weight is 381 g/mol. The molecule has 28 heavy (non-hydrogen) atoms. The molecule has 2 aliphatic rings. The molecule has 1 amide bonds. The molecular formula is C21H27N5O2. The minimum absolute atomic E-state index is 0.0162. The molecule has 7 nitrogen and oxygen atoms in total. The third-order valence-corrected chi connectivity index (χ3v) is 5.32. The Morgan fingerprint density at radius 3 is 2.57 bits per heavy atom. The quantitative estimate of drug-likeness (QED) is 0.829. The van der Waals surface area contributed by atoms with Crippen LogP contribution in [0.25, 0.3) is 0 Å². The number of pyridine rings is 2. The molecule has 1 aliphatic carbocycles. The van der Waals surface area contributed by atoms with Gasteiger partial charge in [-0.3, -0.25) is 9.69 Å². The molecular weight excluding hydrogens is 354 g/mol. The highest BCUT2D eigenvalue weighted by atomic mass is 16.5. The maximum absolute atomic E-state index is 12.4. The average Bonchev–Trinajstić information content (AvgIpc) is 3.24. The Hall–Kier alpha value is -2.67. The Balaban J connectivity index is 1.21. The van der Waals surface area contributed by atoms with Crippen molar-refractivity contribution < 1.29 is 9.53 Å². The minimum atomic E-state index is -0.0162. The molecule has 1 saturated heterocycles. The summed E-state index contributed by atoms with van der Waals surface area (Å²) in [5.74, 6) is 1.62. The Bertz CT molecular complexity index is 754. The van der Waals surface area contributed by atoms with Gasteiger partial charge in [-0.2, -0.15) is 0 Å². The number of anilines is 2. The molecule has 2 aromatic rings. The number of aromatic nitrogens is 2. The van der Waals surface area contributed by atoms with Gasteiger partial charge in [0.2, 0.25) is 11.8 Å². The van der Waals surface area contributed by atoms with E-state index in [0.717, 1.165) is 44.8 Å². The van der Waals surface area contributed by atoms with Crippen LogP contribution in [0.5, 0.6) is 5.88 Å². The zero-order valence-corrected chi connectivity index (χ0v) is 16.1. The highest BCUT2D eigenvalue weighted by Gasteiger charge is 2.20. The summed E-state index contributed by atoms with van der Waals surface area (Å²) in [6, 6.07) is 9.63. The van der Waals surface area contributed by atoms with Crippen LogP contribution in [0.2, 0.25) is 0 Å². The normalized spacial score (nSPS) is 18.2. The van der Waals surface area contributed by atoms with Crippen LogP contribution in [0.1, 0.15) is 25.7 Å². The van der Waals surface area contributed by atoms with Crippen molar-refractivity contribution in [3.63, 3.8) is 0 Å². The highest BCUT2D eigenvalue weighted by molar-refractivity contribution is 5.92. The first-order valence-corrected chi connectivity index (χ1v) is 10.1. The number of carbonyl (C=O) groups excluding carboxylic acids is 1. The third kappa shape index (κ3) is 4.98. The van der Waals surface area contributed by atoms with E-state index in [4.69, 9.17) is 4.74 Å². The molecule has 1 N–H and O–H groups in total. The molecule has 0 spiro atoms. The topological polar surface area (TPSA) is 70.6 Å². The summed E-state index contributed by atoms with van der Waals surface area (Å²) in [5.41, 5.74) is 0.705. The number of ether oxygens (including phenoxy) is 1. The summed E-state index contributed by atoms with van der Waals surface area (Å²) in [7, 11) is 0. The second kappa shape index (κ2) is 9.01. The van der Waals surface area contributed by atoms with E-state index in [2.05, 4.69) is 25.1 Å². The Morgan fingerprint density at radius 1 is 1.07 bits per heavy atom. The first kappa shape index (κ1) is 18.7. The number of rotatable bonds is 6. The predicted octanol–water partition coefficient (Wildman–Crippen LogP) is 2.56. The summed E-state index contributed by atoms with van der Waals surface area (Å²) < 4.78 is 5.86. The Labute approximate surface area is 165 Å². The molecule has 0 unspecified atom stereocenters. The van der Waals surface area contributed by atoms with E-state index in [1.807, 2.05) is 36.5 Å². The van der Waals surface area contributed by atoms with Gasteiger partial charge in [0.25, 0.3) is 0 Å². The van der Waals surface area contributed by atoms with Gasteiger partial charge in [0, 0.05) is 38.4 Å². The molecule has 0 atom stereocenters. The van der Waals surface area contributed by atoms with Gasteiger partial charge in [0.05, 0.1) is 18.4 Å². The molecule has 2 aromatic heterocycles. The fourth-order valence-electron chi connectivity index (χ4n) is 3.78. The van der Waals surface area contributed by atoms with E-state index < -0.39 is 0 Å². The number of nitrogens with zero attached hydrogens (tertiary/aromatic N) is 4. The van der Waals surface area contributed by atoms with Crippen molar-refractivity contribution in [3.05, 3.63) is 42.7 Å². The first-order valence-electron chi connectivity index (χ1n) is 10.1. The van der Waals surface area contributed by atoms with E-state index in [-0.39, 0.29) is 12.0 Å². The standard InChI is InChI=1S/C21H27N5O2/c27-20(16-25-11-13-26(14-12-25)19-7-3-4-10-22-19)24-17-8-9-21(23-15-17)28-18-5-1-2-6-18/h3-4,7-10,15,18H,1-2,5-6,11-14,16H2,(H,24,27). The lowest BCUT2D eigenvalue weighted by atomic mass is 10.3. The van der Waals surface area contributed by atoms with E-state index in [0.29, 0.717) is 18.1 Å². The van der Waals surface area contributed by atoms with Gasteiger partial charge >= 0.3 is 0 Å². The number of amides is 1. The molecule has 1 aliphatic heterocycles. The molecule has 148 valence electrons. The number of hydrogen-bond acceptors (Lipinski definition) is 6. The van der Waals surface area contributed by atoms with Crippen LogP contribution in [0.3, 0.4) is 0 Å². The van der Waals surface area contributed by atoms with Crippen molar-refractivity contribution in [2.24, 2.45) is 0 Å². The van der Waals surface area contributed by atoms with E-state index >= 15 is 0 Å². The summed E-state index contributed by atoms with van der Waals surface area (Å²) in [5, 5.41) is 2.93. The summed E-state index contributed by atoms with van der Waals surface area (Å²) in [4.78, 5) is 25.5. The van der Waals surface area contributed by atoms with Crippen molar-refractivity contribution in [2.75, 3.05) is 42.9 Å². The molecule has 1 saturated carbocycles. The molecule has 4 rings (SSSR count). The van der Waals surface area contributed by atoms with E-state index in [1.54, 1.807) is 6.20 Å². The van der Waals surface area contributed by atoms with Gasteiger partial charge in [0.15, 0.2) is 0 Å². The molecule has 7 heteroatoms. The summed E-state index contributed by atoms with van der Waals surface area (Å²) in [6.45, 7) is 3.82. The maximum Gasteiger partial charge on any atom is 0.238 e. The second-order valence-corrected chi connectivity index (χ2v) is 7.41. The van der Waals surface area contributed by atoms with Crippen LogP contribution in [0.4, 0.5) is 11.5 Å². The largest absolute Gasteiger partial charge is 0.474 e. The molecule has 0 bridgehead atoms. The molecule has 3 heterocycles. The number of hydrogen-bond donors (Lipinski definition) is 1. The van der Waals surface area contributed by atoms with Crippen LogP contribution in [0.15, 0.2) is 42.7 Å². The predicted molar refractivity (Wildman–Crippen MR) is 109 cm³/mol. The Morgan fingerprint density at radius 2 is 1.89 bits per heavy atom. The van der Waals surface area contributed by atoms with Crippen LogP contribution in [-0.4, -0.2) is 59.6 Å². The van der Waals surface area contributed by atoms with Crippen LogP contribution < -0.4 is 15.0 Å². The lowest BCUT2D eigenvalue weighted by molar-refractivity contribution is -0.117. The number of piperazine rings is 1. The van der Waals surface area contributed by atoms with Gasteiger partial charge in [-0.05, 0) is 43.9 Å². The summed E-state index contributed by atoms with van der Waals surface area (Å²) in [6.07, 6.45) is 8.44. The third-order valence-electron chi connectivity index (χ3n) is 5.32. The first-order chi connectivity index (χ1) is 13.8. The second-order valence-electron chi connectivity index (χ2n) is 7.41. The minimum Gasteiger partial charge on any atom is -0.474 e. The van der Waals surface area contributed by atoms with Crippen LogP contribution >= 0.6 is 0 Å². The van der Waals surface area contributed by atoms with Gasteiger partial charge in [-0.1, -0.05) is 6.07 Å². The van der Waals surface area contributed by atoms with E-state index in [9.17, 15) is 4.79 Å². The molecule has 0 radical (unpaired) electrons. The van der Waals surface area contributed by atoms with Crippen molar-refractivity contribution in [1.29, 1.82) is 0 Å². The Kier molecular flexibility index (Phi) is 6.01. The lowest BCUT2D eigenvalue weighted by Crippen LogP contribution is -2.48. The monoisotopic (exact) mass is 381 g/mol. The number of nitrogens with one attached hydrogen (secondary N) is 1. The fraction of sp³-hybridized carbons (Fsp3) is 0.476. The zero-order valence-electron chi connectivity index (χ0n) is 16.1. The van der Waals surface area contributed by atoms with E-state index in [1.165, 1.54) is 12.8 Å². The van der Waals surface area contributed by atoms with Gasteiger partial charge < -0.3 is 15.0 Å². The summed E-state index contributed by atoms with van der Waals surface area (Å²) >= 11 is 0. The SMILES string of the molecule is O=C(CN1CCN(c2ccccn2)CC1)Nc1ccc(OC2CCCC2)nc1. The van der Waals surface area contributed by atoms with Crippen molar-refractivity contribution in [2.45, 2.75) is 31.8 Å². The van der Waals surface area contributed by atoms with Gasteiger partial charge in [-0.15, -0.1) is 0 Å². The van der Waals surface area contributed by atoms with Crippen LogP contribution in [-0.2, 0) is 4.79 Å². The lowest BCUT2D eigenvalue weighted by Gasteiger charge is -2.34. The van der Waals surface area contributed by atoms with Gasteiger partial charge in [0.1, 0.15) is 11.9 Å². The zero-order chi connectivity index (χ0) is 19.2. The van der Waals surface area contributed by atoms with Crippen LogP contribution in [0, 0.1) is 0 Å². The molecule has 0 aromatic carbocycles. The van der Waals surface area contributed by atoms with Crippen molar-refractivity contribution >= 4 is 17.4 Å². The van der Waals surface area contributed by atoms with Gasteiger partial charge in [-0.25, -0.2) is 9.97 Å². The fourth-order valence-corrected chi connectivity index (χ4v) is 3.78. The molecule has 2 fully saturated rings. The van der Waals surface area contributed by atoms with Crippen molar-refractivity contribution in [3.8, 4) is 5.88 Å². The maximum atomic E-state index is 12.4. The van der Waals surface area contributed by atoms with Crippen molar-refractivity contribution in [1.82, 2.24) is 14.9 Å². The smallest absolute Gasteiger partial charge is 0.238 e. The highest BCUT2D eigenvalue weighted by Crippen LogP contribution is 2.23. The number of carbonyl (C=O) groups is 1.